The molecule has 1 aromatic carbocycles. The molecule has 106 valence electrons. The van der Waals surface area contributed by atoms with Gasteiger partial charge in [0, 0.05) is 17.6 Å². The zero-order valence-electron chi connectivity index (χ0n) is 11.6. The van der Waals surface area contributed by atoms with Crippen LogP contribution in [0.5, 0.6) is 0 Å². The van der Waals surface area contributed by atoms with E-state index < -0.39 is 0 Å². The first-order chi connectivity index (χ1) is 9.63. The fraction of sp³-hybridized carbons (Fsp3) is 0.333. The average molecular weight is 275 g/mol. The van der Waals surface area contributed by atoms with Crippen LogP contribution in [0.2, 0.25) is 0 Å². The number of aryl methyl sites for hydroxylation is 1. The molecule has 0 spiro atoms. The van der Waals surface area contributed by atoms with Gasteiger partial charge in [-0.2, -0.15) is 0 Å². The Morgan fingerprint density at radius 1 is 1.15 bits per heavy atom. The zero-order valence-corrected chi connectivity index (χ0v) is 11.6. The Kier molecular flexibility index (Phi) is 4.40. The fourth-order valence-corrected chi connectivity index (χ4v) is 2.09. The topological polar surface area (TPSA) is 68.4 Å². The van der Waals surface area contributed by atoms with E-state index in [0.717, 1.165) is 29.4 Å². The number of ether oxygens (including phenoxy) is 2. The lowest BCUT2D eigenvalue weighted by Gasteiger charge is -1.98. The van der Waals surface area contributed by atoms with Gasteiger partial charge in [0.05, 0.1) is 19.8 Å². The van der Waals surface area contributed by atoms with E-state index in [2.05, 4.69) is 9.72 Å². The molecular formula is C15H17NO4. The van der Waals surface area contributed by atoms with Crippen molar-refractivity contribution in [3.63, 3.8) is 0 Å². The van der Waals surface area contributed by atoms with Crippen molar-refractivity contribution in [1.82, 2.24) is 4.98 Å². The number of hydrogen-bond acceptors (Lipinski definition) is 4. The summed E-state index contributed by atoms with van der Waals surface area (Å²) >= 11 is 0. The van der Waals surface area contributed by atoms with Crippen LogP contribution in [-0.2, 0) is 20.7 Å². The van der Waals surface area contributed by atoms with Crippen molar-refractivity contribution < 1.29 is 19.1 Å². The number of aromatic amines is 1. The van der Waals surface area contributed by atoms with Crippen LogP contribution < -0.4 is 0 Å². The van der Waals surface area contributed by atoms with Crippen LogP contribution in [0.1, 0.15) is 28.9 Å². The van der Waals surface area contributed by atoms with Crippen LogP contribution in [-0.4, -0.2) is 31.1 Å². The number of methoxy groups -OCH3 is 2. The third kappa shape index (κ3) is 3.17. The van der Waals surface area contributed by atoms with Crippen LogP contribution in [0, 0.1) is 0 Å². The maximum Gasteiger partial charge on any atom is 0.337 e. The first-order valence-electron chi connectivity index (χ1n) is 6.41. The van der Waals surface area contributed by atoms with Crippen molar-refractivity contribution in [2.24, 2.45) is 0 Å². The minimum Gasteiger partial charge on any atom is -0.469 e. The van der Waals surface area contributed by atoms with E-state index in [1.165, 1.54) is 14.2 Å². The largest absolute Gasteiger partial charge is 0.469 e. The molecule has 0 saturated carbocycles. The standard InChI is InChI=1S/C15H17NO4/c1-19-14(17)5-3-4-12-8-10-6-7-11(15(18)20-2)9-13(10)16-12/h6-9,16H,3-5H2,1-2H3. The molecule has 1 heterocycles. The van der Waals surface area contributed by atoms with Gasteiger partial charge in [-0.3, -0.25) is 4.79 Å². The second-order valence-electron chi connectivity index (χ2n) is 4.52. The Morgan fingerprint density at radius 3 is 2.65 bits per heavy atom. The number of esters is 2. The molecule has 2 rings (SSSR count). The van der Waals surface area contributed by atoms with Crippen LogP contribution in [0.4, 0.5) is 0 Å². The van der Waals surface area contributed by atoms with Crippen molar-refractivity contribution in [2.45, 2.75) is 19.3 Å². The quantitative estimate of drug-likeness (QED) is 0.851. The highest BCUT2D eigenvalue weighted by Crippen LogP contribution is 2.19. The summed E-state index contributed by atoms with van der Waals surface area (Å²) in [6, 6.07) is 7.40. The summed E-state index contributed by atoms with van der Waals surface area (Å²) in [7, 11) is 2.75. The summed E-state index contributed by atoms with van der Waals surface area (Å²) in [5.74, 6) is -0.553. The molecule has 0 bridgehead atoms. The second kappa shape index (κ2) is 6.23. The molecule has 1 aromatic heterocycles. The van der Waals surface area contributed by atoms with Gasteiger partial charge in [0.25, 0.3) is 0 Å². The normalized spacial score (nSPS) is 10.5. The third-order valence-corrected chi connectivity index (χ3v) is 3.15. The Bertz CT molecular complexity index is 630. The van der Waals surface area contributed by atoms with Gasteiger partial charge in [-0.25, -0.2) is 4.79 Å². The molecule has 0 fully saturated rings. The summed E-state index contributed by atoms with van der Waals surface area (Å²) in [6.45, 7) is 0. The molecule has 0 aliphatic carbocycles. The predicted molar refractivity (Wildman–Crippen MR) is 74.6 cm³/mol. The molecule has 0 radical (unpaired) electrons. The highest BCUT2D eigenvalue weighted by molar-refractivity contribution is 5.94. The number of rotatable bonds is 5. The number of carbonyl (C=O) groups excluding carboxylic acids is 2. The van der Waals surface area contributed by atoms with Gasteiger partial charge in [0.1, 0.15) is 0 Å². The fourth-order valence-electron chi connectivity index (χ4n) is 2.09. The maximum atomic E-state index is 11.5. The third-order valence-electron chi connectivity index (χ3n) is 3.15. The van der Waals surface area contributed by atoms with E-state index in [0.29, 0.717) is 12.0 Å². The van der Waals surface area contributed by atoms with E-state index in [1.807, 2.05) is 12.1 Å². The van der Waals surface area contributed by atoms with Gasteiger partial charge in [-0.15, -0.1) is 0 Å². The molecular weight excluding hydrogens is 258 g/mol. The zero-order chi connectivity index (χ0) is 14.5. The Balaban J connectivity index is 2.09. The molecule has 5 nitrogen and oxygen atoms in total. The minimum atomic E-state index is -0.353. The van der Waals surface area contributed by atoms with Gasteiger partial charge in [-0.05, 0) is 36.4 Å². The van der Waals surface area contributed by atoms with Crippen molar-refractivity contribution in [2.75, 3.05) is 14.2 Å². The van der Waals surface area contributed by atoms with E-state index in [-0.39, 0.29) is 11.9 Å². The average Bonchev–Trinajstić information content (AvgIpc) is 2.87. The Hall–Kier alpha value is -2.30. The lowest BCUT2D eigenvalue weighted by Crippen LogP contribution is -2.00. The predicted octanol–water partition coefficient (Wildman–Crippen LogP) is 2.45. The number of aromatic nitrogens is 1. The first kappa shape index (κ1) is 14.1. The van der Waals surface area contributed by atoms with Crippen LogP contribution >= 0.6 is 0 Å². The van der Waals surface area contributed by atoms with Crippen molar-refractivity contribution >= 4 is 22.8 Å². The van der Waals surface area contributed by atoms with Crippen molar-refractivity contribution in [3.8, 4) is 0 Å². The Morgan fingerprint density at radius 2 is 1.95 bits per heavy atom. The molecule has 2 aromatic rings. The molecule has 5 heteroatoms. The molecule has 0 amide bonds. The molecule has 1 N–H and O–H groups in total. The van der Waals surface area contributed by atoms with Gasteiger partial charge < -0.3 is 14.5 Å². The minimum absolute atomic E-state index is 0.200. The number of nitrogens with one attached hydrogen (secondary N) is 1. The lowest BCUT2D eigenvalue weighted by molar-refractivity contribution is -0.140. The smallest absolute Gasteiger partial charge is 0.337 e. The van der Waals surface area contributed by atoms with Crippen LogP contribution in [0.15, 0.2) is 24.3 Å². The second-order valence-corrected chi connectivity index (χ2v) is 4.52. The summed E-state index contributed by atoms with van der Waals surface area (Å²) in [4.78, 5) is 25.7. The molecule has 0 saturated heterocycles. The Labute approximate surface area is 116 Å². The van der Waals surface area contributed by atoms with Gasteiger partial charge in [-0.1, -0.05) is 6.07 Å². The van der Waals surface area contributed by atoms with Crippen LogP contribution in [0.3, 0.4) is 0 Å². The summed E-state index contributed by atoms with van der Waals surface area (Å²) in [6.07, 6.45) is 1.89. The molecule has 0 atom stereocenters. The first-order valence-corrected chi connectivity index (χ1v) is 6.41. The maximum absolute atomic E-state index is 11.5. The molecule has 0 unspecified atom stereocenters. The number of hydrogen-bond donors (Lipinski definition) is 1. The summed E-state index contributed by atoms with van der Waals surface area (Å²) in [5, 5.41) is 1.03. The summed E-state index contributed by atoms with van der Waals surface area (Å²) < 4.78 is 9.29. The number of benzene rings is 1. The van der Waals surface area contributed by atoms with E-state index in [9.17, 15) is 9.59 Å². The lowest BCUT2D eigenvalue weighted by atomic mass is 10.1. The molecule has 20 heavy (non-hydrogen) atoms. The highest BCUT2D eigenvalue weighted by atomic mass is 16.5. The summed E-state index contributed by atoms with van der Waals surface area (Å²) in [5.41, 5.74) is 2.44. The van der Waals surface area contributed by atoms with Crippen molar-refractivity contribution in [3.05, 3.63) is 35.5 Å². The van der Waals surface area contributed by atoms with E-state index in [1.54, 1.807) is 12.1 Å². The van der Waals surface area contributed by atoms with Gasteiger partial charge >= 0.3 is 11.9 Å². The van der Waals surface area contributed by atoms with Crippen molar-refractivity contribution in [1.29, 1.82) is 0 Å². The van der Waals surface area contributed by atoms with Crippen LogP contribution in [0.25, 0.3) is 10.9 Å². The van der Waals surface area contributed by atoms with Gasteiger partial charge in [0.2, 0.25) is 0 Å². The highest BCUT2D eigenvalue weighted by Gasteiger charge is 2.08. The number of fused-ring (bicyclic) bond motifs is 1. The number of carbonyl (C=O) groups is 2. The van der Waals surface area contributed by atoms with E-state index in [4.69, 9.17) is 4.74 Å². The van der Waals surface area contributed by atoms with E-state index >= 15 is 0 Å². The SMILES string of the molecule is COC(=O)CCCc1cc2ccc(C(=O)OC)cc2[nH]1. The van der Waals surface area contributed by atoms with Gasteiger partial charge in [0.15, 0.2) is 0 Å². The molecule has 0 aliphatic rings. The monoisotopic (exact) mass is 275 g/mol. The number of H-pyrrole nitrogens is 1. The molecule has 0 aliphatic heterocycles.